The van der Waals surface area contributed by atoms with Crippen molar-refractivity contribution in [2.24, 2.45) is 5.92 Å². The Morgan fingerprint density at radius 2 is 2.41 bits per heavy atom. The molecule has 1 unspecified atom stereocenters. The highest BCUT2D eigenvalue weighted by Gasteiger charge is 2.19. The smallest absolute Gasteiger partial charge is 0.267 e. The van der Waals surface area contributed by atoms with Crippen LogP contribution < -0.4 is 5.32 Å². The Hall–Kier alpha value is -1.68. The second kappa shape index (κ2) is 6.81. The van der Waals surface area contributed by atoms with Gasteiger partial charge in [0, 0.05) is 18.2 Å². The van der Waals surface area contributed by atoms with Crippen LogP contribution in [0.2, 0.25) is 6.32 Å². The highest BCUT2D eigenvalue weighted by molar-refractivity contribution is 6.45. The molecule has 1 rings (SSSR count). The first-order chi connectivity index (χ1) is 8.15. The lowest BCUT2D eigenvalue weighted by Crippen LogP contribution is -2.27. The molecule has 0 saturated heterocycles. The molecule has 0 bridgehead atoms. The minimum absolute atomic E-state index is 0.0448. The quantitative estimate of drug-likeness (QED) is 0.444. The van der Waals surface area contributed by atoms with Crippen molar-refractivity contribution in [3.63, 3.8) is 0 Å². The average molecular weight is 227 g/mol. The summed E-state index contributed by atoms with van der Waals surface area (Å²) < 4.78 is 0. The van der Waals surface area contributed by atoms with E-state index in [1.165, 1.54) is 14.2 Å². The zero-order valence-corrected chi connectivity index (χ0v) is 10.3. The molecule has 0 spiro atoms. The van der Waals surface area contributed by atoms with Crippen LogP contribution in [-0.2, 0) is 4.79 Å². The van der Waals surface area contributed by atoms with Crippen LogP contribution in [0, 0.1) is 29.0 Å². The van der Waals surface area contributed by atoms with Crippen LogP contribution in [-0.4, -0.2) is 13.2 Å². The van der Waals surface area contributed by atoms with Crippen LogP contribution in [0.5, 0.6) is 0 Å². The predicted molar refractivity (Wildman–Crippen MR) is 67.8 cm³/mol. The van der Waals surface area contributed by atoms with Crippen LogP contribution >= 0.6 is 0 Å². The van der Waals surface area contributed by atoms with Crippen molar-refractivity contribution < 1.29 is 4.79 Å². The molecule has 87 valence electrons. The summed E-state index contributed by atoms with van der Waals surface area (Å²) in [5.41, 5.74) is 1.98. The molecule has 1 amide bonds. The molecule has 1 aliphatic rings. The molecule has 0 aromatic heterocycles. The van der Waals surface area contributed by atoms with E-state index in [4.69, 9.17) is 5.26 Å². The van der Waals surface area contributed by atoms with E-state index in [1.54, 1.807) is 0 Å². The number of carbonyl (C=O) groups is 1. The zero-order chi connectivity index (χ0) is 12.7. The van der Waals surface area contributed by atoms with Crippen LogP contribution in [0.3, 0.4) is 0 Å². The number of hydrogen-bond donors (Lipinski definition) is 1. The number of nitriles is 1. The first kappa shape index (κ1) is 13.4. The third-order valence-corrected chi connectivity index (χ3v) is 2.73. The second-order valence-electron chi connectivity index (χ2n) is 4.21. The van der Waals surface area contributed by atoms with E-state index in [9.17, 15) is 4.79 Å². The van der Waals surface area contributed by atoms with E-state index < -0.39 is 0 Å². The van der Waals surface area contributed by atoms with Crippen molar-refractivity contribution in [1.29, 1.82) is 5.26 Å². The summed E-state index contributed by atoms with van der Waals surface area (Å²) >= 11 is 0. The maximum Gasteiger partial charge on any atom is 0.267 e. The van der Waals surface area contributed by atoms with E-state index in [0.717, 1.165) is 30.5 Å². The molecule has 4 heteroatoms. The van der Waals surface area contributed by atoms with Crippen molar-refractivity contribution in [3.8, 4) is 17.8 Å². The molecule has 0 heterocycles. The van der Waals surface area contributed by atoms with E-state index in [-0.39, 0.29) is 5.91 Å². The normalized spacial score (nSPS) is 18.8. The molecular formula is C13H16BN2O. The molecule has 0 aromatic rings. The number of amides is 1. The lowest BCUT2D eigenvalue weighted by atomic mass is 9.77. The molecule has 17 heavy (non-hydrogen) atoms. The summed E-state index contributed by atoms with van der Waals surface area (Å²) in [4.78, 5) is 11.1. The van der Waals surface area contributed by atoms with Crippen LogP contribution in [0.25, 0.3) is 0 Å². The third kappa shape index (κ3) is 4.37. The van der Waals surface area contributed by atoms with Crippen LogP contribution in [0.15, 0.2) is 11.3 Å². The summed E-state index contributed by atoms with van der Waals surface area (Å²) in [7, 11) is 1.47. The summed E-state index contributed by atoms with van der Waals surface area (Å²) in [6.07, 6.45) is 3.59. The van der Waals surface area contributed by atoms with Gasteiger partial charge in [-0.15, -0.1) is 5.92 Å². The van der Waals surface area contributed by atoms with Gasteiger partial charge in [0.1, 0.15) is 0 Å². The van der Waals surface area contributed by atoms with E-state index in [0.29, 0.717) is 12.2 Å². The predicted octanol–water partition coefficient (Wildman–Crippen LogP) is 1.80. The molecule has 1 aliphatic carbocycles. The van der Waals surface area contributed by atoms with Gasteiger partial charge in [-0.2, -0.15) is 0 Å². The third-order valence-electron chi connectivity index (χ3n) is 2.73. The molecule has 0 aliphatic heterocycles. The molecule has 1 radical (unpaired) electrons. The Bertz CT molecular complexity index is 423. The Labute approximate surface area is 104 Å². The highest BCUT2D eigenvalue weighted by Crippen LogP contribution is 2.27. The molecule has 3 nitrogen and oxygen atoms in total. The number of allylic oxidation sites excluding steroid dienone is 2. The molecule has 0 aromatic carbocycles. The number of nitrogens with one attached hydrogen (secondary N) is 1. The summed E-state index contributed by atoms with van der Waals surface area (Å²) in [6, 6.07) is 0. The van der Waals surface area contributed by atoms with Gasteiger partial charge in [-0.25, -0.2) is 5.26 Å². The van der Waals surface area contributed by atoms with Gasteiger partial charge >= 0.3 is 0 Å². The van der Waals surface area contributed by atoms with Crippen molar-refractivity contribution in [1.82, 2.24) is 5.32 Å². The largest absolute Gasteiger partial charge is 0.329 e. The fraction of sp³-hybridized carbons (Fsp3) is 0.538. The van der Waals surface area contributed by atoms with Crippen molar-refractivity contribution in [2.45, 2.75) is 39.4 Å². The average Bonchev–Trinajstić information content (AvgIpc) is 2.28. The first-order valence-electron chi connectivity index (χ1n) is 5.86. The minimum atomic E-state index is -0.0448. The number of hydrogen-bond acceptors (Lipinski definition) is 2. The van der Waals surface area contributed by atoms with Gasteiger partial charge in [-0.05, 0) is 37.5 Å². The fourth-order valence-electron chi connectivity index (χ4n) is 1.93. The maximum atomic E-state index is 11.1. The lowest BCUT2D eigenvalue weighted by Gasteiger charge is -2.23. The topological polar surface area (TPSA) is 52.9 Å². The SMILES string of the molecule is CC(=O)NC1=C(C#CC[B]C#N)CCCC1C. The number of rotatable bonds is 2. The van der Waals surface area contributed by atoms with E-state index in [1.807, 2.05) is 5.97 Å². The van der Waals surface area contributed by atoms with Crippen molar-refractivity contribution in [2.75, 3.05) is 0 Å². The molecule has 0 fully saturated rings. The standard InChI is InChI=1S/C13H16BN2O/c1-10-5-3-6-12(7-4-8-14-9-15)13(10)16-11(2)17/h10H,3,5-6,8H2,1-2H3,(H,16,17). The van der Waals surface area contributed by atoms with Crippen molar-refractivity contribution in [3.05, 3.63) is 11.3 Å². The van der Waals surface area contributed by atoms with Gasteiger partial charge in [0.2, 0.25) is 5.91 Å². The van der Waals surface area contributed by atoms with Gasteiger partial charge in [-0.3, -0.25) is 4.79 Å². The van der Waals surface area contributed by atoms with Crippen molar-refractivity contribution >= 4 is 13.2 Å². The Morgan fingerprint density at radius 3 is 3.06 bits per heavy atom. The Balaban J connectivity index is 2.82. The molecule has 1 atom stereocenters. The van der Waals surface area contributed by atoms with Gasteiger partial charge in [0.15, 0.2) is 0 Å². The Kier molecular flexibility index (Phi) is 5.36. The summed E-state index contributed by atoms with van der Waals surface area (Å²) in [5.74, 6) is 8.28. The van der Waals surface area contributed by atoms with Crippen LogP contribution in [0.4, 0.5) is 0 Å². The van der Waals surface area contributed by atoms with Gasteiger partial charge in [-0.1, -0.05) is 12.8 Å². The number of nitrogens with zero attached hydrogens (tertiary/aromatic N) is 1. The summed E-state index contributed by atoms with van der Waals surface area (Å²) in [6.45, 7) is 3.62. The number of carbonyl (C=O) groups excluding carboxylic acids is 1. The maximum absolute atomic E-state index is 11.1. The molecule has 0 saturated carbocycles. The van der Waals surface area contributed by atoms with E-state index in [2.05, 4.69) is 24.1 Å². The molecular weight excluding hydrogens is 211 g/mol. The summed E-state index contributed by atoms with van der Waals surface area (Å²) in [5, 5.41) is 11.3. The zero-order valence-electron chi connectivity index (χ0n) is 10.3. The molecule has 1 N–H and O–H groups in total. The first-order valence-corrected chi connectivity index (χ1v) is 5.86. The minimum Gasteiger partial charge on any atom is -0.329 e. The highest BCUT2D eigenvalue weighted by atomic mass is 16.1. The second-order valence-corrected chi connectivity index (χ2v) is 4.21. The van der Waals surface area contributed by atoms with Gasteiger partial charge in [0.25, 0.3) is 7.28 Å². The lowest BCUT2D eigenvalue weighted by molar-refractivity contribution is -0.118. The van der Waals surface area contributed by atoms with Gasteiger partial charge < -0.3 is 5.32 Å². The Morgan fingerprint density at radius 1 is 1.65 bits per heavy atom. The van der Waals surface area contributed by atoms with Crippen LogP contribution in [0.1, 0.15) is 33.1 Å². The fourth-order valence-corrected chi connectivity index (χ4v) is 1.93. The monoisotopic (exact) mass is 227 g/mol. The van der Waals surface area contributed by atoms with E-state index >= 15 is 0 Å². The van der Waals surface area contributed by atoms with Gasteiger partial charge in [0.05, 0.1) is 0 Å².